The molecule has 0 unspecified atom stereocenters. The number of hydrogen-bond donors (Lipinski definition) is 1. The summed E-state index contributed by atoms with van der Waals surface area (Å²) in [5, 5.41) is 2.67. The monoisotopic (exact) mass is 267 g/mol. The van der Waals surface area contributed by atoms with Crippen LogP contribution in [0.1, 0.15) is 6.42 Å². The van der Waals surface area contributed by atoms with Crippen molar-refractivity contribution in [3.63, 3.8) is 0 Å². The lowest BCUT2D eigenvalue weighted by molar-refractivity contribution is 0.480. The van der Waals surface area contributed by atoms with Gasteiger partial charge in [0.15, 0.2) is 0 Å². The van der Waals surface area contributed by atoms with Crippen LogP contribution in [0.15, 0.2) is 16.6 Å². The summed E-state index contributed by atoms with van der Waals surface area (Å²) < 4.78 is 37.7. The minimum atomic E-state index is -0.676. The molecule has 0 aliphatic rings. The first-order valence-electron chi connectivity index (χ1n) is 4.09. The van der Waals surface area contributed by atoms with Crippen molar-refractivity contribution in [2.45, 2.75) is 6.42 Å². The first kappa shape index (κ1) is 11.4. The van der Waals surface area contributed by atoms with Crippen molar-refractivity contribution in [1.29, 1.82) is 0 Å². The zero-order valence-electron chi connectivity index (χ0n) is 7.29. The van der Waals surface area contributed by atoms with Crippen molar-refractivity contribution in [2.75, 3.05) is 18.5 Å². The zero-order valence-corrected chi connectivity index (χ0v) is 8.87. The lowest BCUT2D eigenvalue weighted by atomic mass is 10.3. The van der Waals surface area contributed by atoms with Crippen molar-refractivity contribution in [3.8, 4) is 0 Å². The van der Waals surface area contributed by atoms with Crippen LogP contribution in [-0.4, -0.2) is 13.2 Å². The maximum atomic E-state index is 13.0. The standard InChI is InChI=1S/C9H9BrF3N/c10-6-4-9(14-3-1-2-11)8(13)5-7(6)12/h4-5,14H,1-3H2. The van der Waals surface area contributed by atoms with Crippen LogP contribution in [0.3, 0.4) is 0 Å². The smallest absolute Gasteiger partial charge is 0.149 e. The summed E-state index contributed by atoms with van der Waals surface area (Å²) in [6, 6.07) is 2.07. The third-order valence-corrected chi connectivity index (χ3v) is 2.24. The molecule has 1 N–H and O–H groups in total. The fourth-order valence-corrected chi connectivity index (χ4v) is 1.29. The Labute approximate surface area is 88.4 Å². The van der Waals surface area contributed by atoms with Gasteiger partial charge in [-0.15, -0.1) is 0 Å². The van der Waals surface area contributed by atoms with Gasteiger partial charge in [0, 0.05) is 12.6 Å². The number of alkyl halides is 1. The third kappa shape index (κ3) is 2.90. The summed E-state index contributed by atoms with van der Waals surface area (Å²) in [6.07, 6.45) is 0.300. The number of benzene rings is 1. The summed E-state index contributed by atoms with van der Waals surface area (Å²) in [4.78, 5) is 0. The molecule has 0 heterocycles. The lowest BCUT2D eigenvalue weighted by Crippen LogP contribution is -2.04. The molecule has 1 nitrogen and oxygen atoms in total. The Morgan fingerprint density at radius 2 is 1.93 bits per heavy atom. The predicted molar refractivity (Wildman–Crippen MR) is 53.1 cm³/mol. The molecule has 5 heteroatoms. The Bertz CT molecular complexity index is 317. The van der Waals surface area contributed by atoms with Crippen LogP contribution in [0, 0.1) is 11.6 Å². The average molecular weight is 268 g/mol. The van der Waals surface area contributed by atoms with Gasteiger partial charge in [-0.25, -0.2) is 8.78 Å². The van der Waals surface area contributed by atoms with Crippen molar-refractivity contribution in [1.82, 2.24) is 0 Å². The molecule has 0 amide bonds. The Morgan fingerprint density at radius 1 is 1.21 bits per heavy atom. The van der Waals surface area contributed by atoms with Crippen LogP contribution in [0.2, 0.25) is 0 Å². The van der Waals surface area contributed by atoms with Crippen LogP contribution in [-0.2, 0) is 0 Å². The fraction of sp³-hybridized carbons (Fsp3) is 0.333. The first-order chi connectivity index (χ1) is 6.65. The van der Waals surface area contributed by atoms with E-state index in [2.05, 4.69) is 21.2 Å². The molecular weight excluding hydrogens is 259 g/mol. The largest absolute Gasteiger partial charge is 0.383 e. The van der Waals surface area contributed by atoms with E-state index in [1.165, 1.54) is 6.07 Å². The highest BCUT2D eigenvalue weighted by atomic mass is 79.9. The van der Waals surface area contributed by atoms with Crippen LogP contribution < -0.4 is 5.32 Å². The highest BCUT2D eigenvalue weighted by molar-refractivity contribution is 9.10. The molecule has 0 saturated heterocycles. The van der Waals surface area contributed by atoms with Crippen LogP contribution in [0.4, 0.5) is 18.9 Å². The van der Waals surface area contributed by atoms with Gasteiger partial charge in [0.2, 0.25) is 0 Å². The molecule has 0 radical (unpaired) electrons. The minimum Gasteiger partial charge on any atom is -0.383 e. The maximum absolute atomic E-state index is 13.0. The molecule has 0 saturated carbocycles. The molecule has 14 heavy (non-hydrogen) atoms. The molecule has 1 rings (SSSR count). The van der Waals surface area contributed by atoms with E-state index in [9.17, 15) is 13.2 Å². The van der Waals surface area contributed by atoms with E-state index in [1.54, 1.807) is 0 Å². The molecule has 78 valence electrons. The zero-order chi connectivity index (χ0) is 10.6. The summed E-state index contributed by atoms with van der Waals surface area (Å²) in [6.45, 7) is -0.136. The Hall–Kier alpha value is -0.710. The topological polar surface area (TPSA) is 12.0 Å². The molecule has 1 aromatic carbocycles. The van der Waals surface area contributed by atoms with Gasteiger partial charge in [0.05, 0.1) is 16.8 Å². The Kier molecular flexibility index (Phi) is 4.25. The van der Waals surface area contributed by atoms with Crippen LogP contribution in [0.25, 0.3) is 0 Å². The van der Waals surface area contributed by atoms with Gasteiger partial charge >= 0.3 is 0 Å². The number of rotatable bonds is 4. The summed E-state index contributed by atoms with van der Waals surface area (Å²) in [5.41, 5.74) is 0.173. The fourth-order valence-electron chi connectivity index (χ4n) is 0.948. The van der Waals surface area contributed by atoms with Gasteiger partial charge in [-0.05, 0) is 28.4 Å². The lowest BCUT2D eigenvalue weighted by Gasteiger charge is -2.07. The molecule has 0 atom stereocenters. The first-order valence-corrected chi connectivity index (χ1v) is 4.89. The second-order valence-electron chi connectivity index (χ2n) is 2.72. The second kappa shape index (κ2) is 5.24. The summed E-state index contributed by atoms with van der Waals surface area (Å²) in [7, 11) is 0. The second-order valence-corrected chi connectivity index (χ2v) is 3.57. The van der Waals surface area contributed by atoms with E-state index in [1.807, 2.05) is 0 Å². The Balaban J connectivity index is 2.72. The average Bonchev–Trinajstić information content (AvgIpc) is 2.14. The molecule has 0 aliphatic carbocycles. The van der Waals surface area contributed by atoms with E-state index in [4.69, 9.17) is 0 Å². The molecular formula is C9H9BrF3N. The molecule has 0 bridgehead atoms. The van der Waals surface area contributed by atoms with E-state index in [0.29, 0.717) is 13.0 Å². The summed E-state index contributed by atoms with van der Waals surface area (Å²) in [5.74, 6) is -1.33. The normalized spacial score (nSPS) is 10.3. The van der Waals surface area contributed by atoms with Crippen molar-refractivity contribution < 1.29 is 13.2 Å². The minimum absolute atomic E-state index is 0.173. The van der Waals surface area contributed by atoms with Gasteiger partial charge in [0.1, 0.15) is 11.6 Å². The van der Waals surface area contributed by atoms with Crippen LogP contribution >= 0.6 is 15.9 Å². The third-order valence-electron chi connectivity index (χ3n) is 1.64. The SMILES string of the molecule is FCCCNc1cc(Br)c(F)cc1F. The number of nitrogens with one attached hydrogen (secondary N) is 1. The van der Waals surface area contributed by atoms with Crippen molar-refractivity contribution in [3.05, 3.63) is 28.2 Å². The number of halogens is 4. The highest BCUT2D eigenvalue weighted by Gasteiger charge is 2.07. The predicted octanol–water partition coefficient (Wildman–Crippen LogP) is 3.50. The van der Waals surface area contributed by atoms with Crippen molar-refractivity contribution >= 4 is 21.6 Å². The van der Waals surface area contributed by atoms with E-state index < -0.39 is 18.3 Å². The van der Waals surface area contributed by atoms with E-state index in [-0.39, 0.29) is 10.2 Å². The van der Waals surface area contributed by atoms with Crippen LogP contribution in [0.5, 0.6) is 0 Å². The van der Waals surface area contributed by atoms with Gasteiger partial charge in [-0.1, -0.05) is 0 Å². The van der Waals surface area contributed by atoms with Gasteiger partial charge in [0.25, 0.3) is 0 Å². The summed E-state index contributed by atoms with van der Waals surface area (Å²) >= 11 is 2.93. The van der Waals surface area contributed by atoms with E-state index >= 15 is 0 Å². The number of anilines is 1. The van der Waals surface area contributed by atoms with E-state index in [0.717, 1.165) is 6.07 Å². The molecule has 0 aliphatic heterocycles. The maximum Gasteiger partial charge on any atom is 0.149 e. The van der Waals surface area contributed by atoms with Gasteiger partial charge in [-0.3, -0.25) is 4.39 Å². The van der Waals surface area contributed by atoms with Crippen molar-refractivity contribution in [2.24, 2.45) is 0 Å². The quantitative estimate of drug-likeness (QED) is 0.651. The molecule has 0 aromatic heterocycles. The Morgan fingerprint density at radius 3 is 2.57 bits per heavy atom. The van der Waals surface area contributed by atoms with Gasteiger partial charge < -0.3 is 5.32 Å². The highest BCUT2D eigenvalue weighted by Crippen LogP contribution is 2.23. The number of hydrogen-bond acceptors (Lipinski definition) is 1. The molecule has 0 spiro atoms. The van der Waals surface area contributed by atoms with Gasteiger partial charge in [-0.2, -0.15) is 0 Å². The molecule has 1 aromatic rings. The molecule has 0 fully saturated rings.